The number of carbonyl (C=O) groups is 1. The number of phenols is 1. The van der Waals surface area contributed by atoms with E-state index in [0.717, 1.165) is 13.2 Å². The molecule has 0 radical (unpaired) electrons. The lowest BCUT2D eigenvalue weighted by molar-refractivity contribution is 0.0600. The molecule has 3 nitrogen and oxygen atoms in total. The van der Waals surface area contributed by atoms with Crippen LogP contribution in [0.5, 0.6) is 5.75 Å². The Morgan fingerprint density at radius 1 is 1.33 bits per heavy atom. The van der Waals surface area contributed by atoms with Crippen molar-refractivity contribution >= 4 is 18.4 Å². The molecule has 7 heteroatoms. The standard InChI is InChI=1S/C8H7BF3O3/c1-15-8(14)5-2-6(9(10,11)12)4-7(13)3-5/h2-4,13H,1H3/q-1. The number of ether oxygens (including phenoxy) is 1. The summed E-state index contributed by atoms with van der Waals surface area (Å²) in [4.78, 5) is 11.0. The van der Waals surface area contributed by atoms with Crippen molar-refractivity contribution < 1.29 is 27.6 Å². The molecule has 0 fully saturated rings. The van der Waals surface area contributed by atoms with Gasteiger partial charge in [0.1, 0.15) is 5.75 Å². The summed E-state index contributed by atoms with van der Waals surface area (Å²) in [5.41, 5.74) is -1.36. The molecule has 0 heterocycles. The molecule has 1 rings (SSSR count). The van der Waals surface area contributed by atoms with E-state index < -0.39 is 24.2 Å². The molecule has 0 saturated heterocycles. The van der Waals surface area contributed by atoms with Crippen LogP contribution in [0, 0.1) is 0 Å². The molecule has 1 N–H and O–H groups in total. The molecule has 1 aromatic rings. The summed E-state index contributed by atoms with van der Waals surface area (Å²) in [6.45, 7) is -5.25. The zero-order valence-corrected chi connectivity index (χ0v) is 7.71. The van der Waals surface area contributed by atoms with E-state index in [1.807, 2.05) is 0 Å². The fourth-order valence-electron chi connectivity index (χ4n) is 1.06. The van der Waals surface area contributed by atoms with Gasteiger partial charge in [0.25, 0.3) is 0 Å². The minimum Gasteiger partial charge on any atom is -0.508 e. The quantitative estimate of drug-likeness (QED) is 0.601. The third-order valence-electron chi connectivity index (χ3n) is 1.74. The predicted molar refractivity (Wildman–Crippen MR) is 48.2 cm³/mol. The zero-order valence-electron chi connectivity index (χ0n) is 7.71. The van der Waals surface area contributed by atoms with Crippen LogP contribution >= 0.6 is 0 Å². The van der Waals surface area contributed by atoms with Gasteiger partial charge in [-0.05, 0) is 12.1 Å². The van der Waals surface area contributed by atoms with E-state index in [4.69, 9.17) is 5.11 Å². The van der Waals surface area contributed by atoms with Crippen LogP contribution in [0.1, 0.15) is 10.4 Å². The Morgan fingerprint density at radius 3 is 2.40 bits per heavy atom. The van der Waals surface area contributed by atoms with Crippen molar-refractivity contribution in [3.05, 3.63) is 23.8 Å². The van der Waals surface area contributed by atoms with Gasteiger partial charge in [0.05, 0.1) is 12.7 Å². The molecule has 0 aliphatic rings. The van der Waals surface area contributed by atoms with E-state index in [1.54, 1.807) is 0 Å². The van der Waals surface area contributed by atoms with Crippen molar-refractivity contribution in [2.75, 3.05) is 7.11 Å². The largest absolute Gasteiger partial charge is 0.509 e. The molecule has 0 aromatic heterocycles. The molecule has 1 aromatic carbocycles. The van der Waals surface area contributed by atoms with Crippen molar-refractivity contribution in [1.29, 1.82) is 0 Å². The second-order valence-electron chi connectivity index (χ2n) is 2.88. The SMILES string of the molecule is COC(=O)c1cc(O)cc([B-](F)(F)F)c1. The molecule has 0 bridgehead atoms. The Labute approximate surface area is 83.5 Å². The molecule has 15 heavy (non-hydrogen) atoms. The number of rotatable bonds is 2. The Kier molecular flexibility index (Phi) is 2.92. The molecular formula is C8H7BF3O3-. The first-order valence-electron chi connectivity index (χ1n) is 3.97. The van der Waals surface area contributed by atoms with Crippen molar-refractivity contribution in [2.45, 2.75) is 0 Å². The van der Waals surface area contributed by atoms with Gasteiger partial charge in [-0.25, -0.2) is 4.79 Å². The summed E-state index contributed by atoms with van der Waals surface area (Å²) in [6.07, 6.45) is 0. The van der Waals surface area contributed by atoms with Crippen LogP contribution < -0.4 is 5.46 Å². The molecule has 0 aliphatic heterocycles. The molecule has 0 amide bonds. The third-order valence-corrected chi connectivity index (χ3v) is 1.74. The molecular weight excluding hydrogens is 212 g/mol. The average molecular weight is 219 g/mol. The van der Waals surface area contributed by atoms with E-state index in [0.29, 0.717) is 12.1 Å². The van der Waals surface area contributed by atoms with Crippen LogP contribution in [0.15, 0.2) is 18.2 Å². The maximum absolute atomic E-state index is 12.3. The van der Waals surface area contributed by atoms with Gasteiger partial charge in [-0.2, -0.15) is 0 Å². The summed E-state index contributed by atoms with van der Waals surface area (Å²) in [5.74, 6) is -1.54. The molecule has 82 valence electrons. The van der Waals surface area contributed by atoms with E-state index in [9.17, 15) is 17.7 Å². The first-order chi connectivity index (χ1) is 6.84. The Morgan fingerprint density at radius 2 is 1.93 bits per heavy atom. The van der Waals surface area contributed by atoms with E-state index in [1.165, 1.54) is 0 Å². The van der Waals surface area contributed by atoms with Crippen LogP contribution in [-0.4, -0.2) is 25.2 Å². The highest BCUT2D eigenvalue weighted by Crippen LogP contribution is 2.16. The summed E-state index contributed by atoms with van der Waals surface area (Å²) in [7, 11) is 1.05. The fraction of sp³-hybridized carbons (Fsp3) is 0.125. The van der Waals surface area contributed by atoms with Crippen molar-refractivity contribution in [1.82, 2.24) is 0 Å². The van der Waals surface area contributed by atoms with Gasteiger partial charge in [-0.15, -0.1) is 5.46 Å². The molecule has 0 aliphatic carbocycles. The zero-order chi connectivity index (χ0) is 11.6. The van der Waals surface area contributed by atoms with Gasteiger partial charge in [0, 0.05) is 0 Å². The summed E-state index contributed by atoms with van der Waals surface area (Å²) < 4.78 is 41.2. The van der Waals surface area contributed by atoms with Gasteiger partial charge in [-0.3, -0.25) is 0 Å². The maximum Gasteiger partial charge on any atom is 0.509 e. The summed E-state index contributed by atoms with van der Waals surface area (Å²) in [5, 5.41) is 9.00. The minimum absolute atomic E-state index is 0.327. The van der Waals surface area contributed by atoms with Crippen LogP contribution in [0.4, 0.5) is 12.9 Å². The van der Waals surface area contributed by atoms with Crippen LogP contribution in [0.25, 0.3) is 0 Å². The fourth-order valence-corrected chi connectivity index (χ4v) is 1.06. The normalized spacial score (nSPS) is 11.2. The van der Waals surface area contributed by atoms with Gasteiger partial charge in [0.15, 0.2) is 0 Å². The molecule has 0 spiro atoms. The van der Waals surface area contributed by atoms with Crippen LogP contribution in [0.2, 0.25) is 0 Å². The Balaban J connectivity index is 3.23. The van der Waals surface area contributed by atoms with E-state index in [2.05, 4.69) is 4.74 Å². The highest BCUT2D eigenvalue weighted by molar-refractivity contribution is 6.73. The van der Waals surface area contributed by atoms with Gasteiger partial charge in [0.2, 0.25) is 0 Å². The Bertz CT molecular complexity index is 389. The summed E-state index contributed by atoms with van der Waals surface area (Å²) in [6, 6.07) is 2.12. The number of halogens is 3. The topological polar surface area (TPSA) is 46.5 Å². The number of phenolic OH excluding ortho intramolecular Hbond substituents is 1. The number of benzene rings is 1. The number of carbonyl (C=O) groups excluding carboxylic acids is 1. The number of hydrogen-bond donors (Lipinski definition) is 1. The molecule has 0 saturated carbocycles. The van der Waals surface area contributed by atoms with Crippen molar-refractivity contribution in [3.8, 4) is 5.75 Å². The average Bonchev–Trinajstić information content (AvgIpc) is 2.14. The van der Waals surface area contributed by atoms with E-state index in [-0.39, 0.29) is 5.56 Å². The Hall–Kier alpha value is -1.66. The predicted octanol–water partition coefficient (Wildman–Crippen LogP) is 1.23. The lowest BCUT2D eigenvalue weighted by atomic mass is 9.79. The lowest BCUT2D eigenvalue weighted by Gasteiger charge is -2.15. The van der Waals surface area contributed by atoms with Gasteiger partial charge >= 0.3 is 12.9 Å². The first-order valence-corrected chi connectivity index (χ1v) is 3.97. The van der Waals surface area contributed by atoms with Crippen LogP contribution in [0.3, 0.4) is 0 Å². The number of hydrogen-bond acceptors (Lipinski definition) is 3. The smallest absolute Gasteiger partial charge is 0.508 e. The lowest BCUT2D eigenvalue weighted by Crippen LogP contribution is -2.34. The highest BCUT2D eigenvalue weighted by atomic mass is 19.4. The van der Waals surface area contributed by atoms with Crippen molar-refractivity contribution in [2.24, 2.45) is 0 Å². The number of aromatic hydroxyl groups is 1. The second kappa shape index (κ2) is 3.84. The third kappa shape index (κ3) is 2.65. The van der Waals surface area contributed by atoms with Crippen molar-refractivity contribution in [3.63, 3.8) is 0 Å². The first kappa shape index (κ1) is 11.4. The van der Waals surface area contributed by atoms with Crippen LogP contribution in [-0.2, 0) is 4.74 Å². The molecule has 0 unspecified atom stereocenters. The number of methoxy groups -OCH3 is 1. The monoisotopic (exact) mass is 219 g/mol. The van der Waals surface area contributed by atoms with Gasteiger partial charge < -0.3 is 22.8 Å². The maximum atomic E-state index is 12.3. The number of esters is 1. The van der Waals surface area contributed by atoms with Gasteiger partial charge in [-0.1, -0.05) is 6.07 Å². The van der Waals surface area contributed by atoms with E-state index >= 15 is 0 Å². The molecule has 0 atom stereocenters. The minimum atomic E-state index is -5.25. The second-order valence-corrected chi connectivity index (χ2v) is 2.88. The highest BCUT2D eigenvalue weighted by Gasteiger charge is 2.27. The summed E-state index contributed by atoms with van der Waals surface area (Å²) >= 11 is 0.